The van der Waals surface area contributed by atoms with Gasteiger partial charge in [0.15, 0.2) is 0 Å². The van der Waals surface area contributed by atoms with Gasteiger partial charge in [0.25, 0.3) is 5.91 Å². The topological polar surface area (TPSA) is 45.2 Å². The minimum atomic E-state index is -0.148. The van der Waals surface area contributed by atoms with Crippen LogP contribution in [0.15, 0.2) is 18.3 Å². The van der Waals surface area contributed by atoms with E-state index in [2.05, 4.69) is 15.2 Å². The molecular weight excluding hydrogens is 250 g/mol. The molecule has 1 aromatic heterocycles. The number of rotatable bonds is 4. The summed E-state index contributed by atoms with van der Waals surface area (Å²) in [5.74, 6) is -0.148. The molecule has 0 aliphatic carbocycles. The van der Waals surface area contributed by atoms with Gasteiger partial charge in [-0.2, -0.15) is 0 Å². The maximum Gasteiger partial charge on any atom is 0.254 e. The molecule has 0 atom stereocenters. The van der Waals surface area contributed by atoms with Crippen LogP contribution in [-0.2, 0) is 0 Å². The number of carbonyl (C=O) groups excluding carboxylic acids is 1. The van der Waals surface area contributed by atoms with Gasteiger partial charge in [0, 0.05) is 19.3 Å². The lowest BCUT2D eigenvalue weighted by Crippen LogP contribution is -2.37. The molecule has 18 heavy (non-hydrogen) atoms. The zero-order chi connectivity index (χ0) is 12.8. The van der Waals surface area contributed by atoms with Crippen molar-refractivity contribution >= 4 is 17.5 Å². The third kappa shape index (κ3) is 3.68. The number of carbonyl (C=O) groups is 1. The van der Waals surface area contributed by atoms with E-state index < -0.39 is 0 Å². The van der Waals surface area contributed by atoms with Gasteiger partial charge in [-0.15, -0.1) is 0 Å². The molecular formula is C13H18ClN3O. The quantitative estimate of drug-likeness (QED) is 0.848. The van der Waals surface area contributed by atoms with Crippen molar-refractivity contribution in [3.05, 3.63) is 29.0 Å². The lowest BCUT2D eigenvalue weighted by molar-refractivity contribution is 0.0946. The summed E-state index contributed by atoms with van der Waals surface area (Å²) >= 11 is 5.86. The van der Waals surface area contributed by atoms with E-state index in [1.165, 1.54) is 19.3 Å². The summed E-state index contributed by atoms with van der Waals surface area (Å²) in [5, 5.41) is 3.14. The van der Waals surface area contributed by atoms with Gasteiger partial charge in [-0.25, -0.2) is 4.98 Å². The average Bonchev–Trinajstić information content (AvgIpc) is 2.40. The Labute approximate surface area is 112 Å². The van der Waals surface area contributed by atoms with Gasteiger partial charge in [0.2, 0.25) is 0 Å². The summed E-state index contributed by atoms with van der Waals surface area (Å²) in [4.78, 5) is 18.1. The Morgan fingerprint density at radius 1 is 1.39 bits per heavy atom. The molecule has 1 aromatic rings. The highest BCUT2D eigenvalue weighted by atomic mass is 35.5. The third-order valence-electron chi connectivity index (χ3n) is 3.17. The molecule has 98 valence electrons. The maximum absolute atomic E-state index is 11.9. The van der Waals surface area contributed by atoms with E-state index in [0.717, 1.165) is 19.6 Å². The van der Waals surface area contributed by atoms with Gasteiger partial charge >= 0.3 is 0 Å². The average molecular weight is 268 g/mol. The van der Waals surface area contributed by atoms with Crippen LogP contribution in [0, 0.1) is 0 Å². The molecule has 2 heterocycles. The van der Waals surface area contributed by atoms with Crippen LogP contribution in [0.25, 0.3) is 0 Å². The monoisotopic (exact) mass is 267 g/mol. The second-order valence-corrected chi connectivity index (χ2v) is 4.86. The predicted molar refractivity (Wildman–Crippen MR) is 71.9 cm³/mol. The molecule has 1 N–H and O–H groups in total. The van der Waals surface area contributed by atoms with Crippen LogP contribution in [0.4, 0.5) is 0 Å². The minimum absolute atomic E-state index is 0.148. The number of amides is 1. The number of halogens is 1. The summed E-state index contributed by atoms with van der Waals surface area (Å²) in [5.41, 5.74) is 0.442. The van der Waals surface area contributed by atoms with Crippen molar-refractivity contribution in [2.75, 3.05) is 26.2 Å². The fourth-order valence-corrected chi connectivity index (χ4v) is 2.37. The number of hydrogen-bond acceptors (Lipinski definition) is 3. The van der Waals surface area contributed by atoms with Crippen molar-refractivity contribution in [1.29, 1.82) is 0 Å². The summed E-state index contributed by atoms with van der Waals surface area (Å²) < 4.78 is 0. The fraction of sp³-hybridized carbons (Fsp3) is 0.538. The van der Waals surface area contributed by atoms with Crippen molar-refractivity contribution in [2.45, 2.75) is 19.3 Å². The Morgan fingerprint density at radius 3 is 2.89 bits per heavy atom. The second-order valence-electron chi connectivity index (χ2n) is 4.50. The van der Waals surface area contributed by atoms with Crippen LogP contribution in [0.1, 0.15) is 29.6 Å². The highest BCUT2D eigenvalue weighted by Crippen LogP contribution is 2.11. The first-order valence-corrected chi connectivity index (χ1v) is 6.76. The molecule has 0 bridgehead atoms. The summed E-state index contributed by atoms with van der Waals surface area (Å²) in [6.07, 6.45) is 5.44. The predicted octanol–water partition coefficient (Wildman–Crippen LogP) is 1.95. The SMILES string of the molecule is O=C(NCCN1CCCCC1)c1cccnc1Cl. The van der Waals surface area contributed by atoms with Crippen LogP contribution in [-0.4, -0.2) is 42.0 Å². The van der Waals surface area contributed by atoms with E-state index in [9.17, 15) is 4.79 Å². The van der Waals surface area contributed by atoms with Gasteiger partial charge in [0.1, 0.15) is 5.15 Å². The summed E-state index contributed by atoms with van der Waals surface area (Å²) in [6, 6.07) is 3.40. The van der Waals surface area contributed by atoms with Crippen molar-refractivity contribution in [3.8, 4) is 0 Å². The number of hydrogen-bond donors (Lipinski definition) is 1. The van der Waals surface area contributed by atoms with Crippen molar-refractivity contribution in [2.24, 2.45) is 0 Å². The zero-order valence-corrected chi connectivity index (χ0v) is 11.1. The Hall–Kier alpha value is -1.13. The highest BCUT2D eigenvalue weighted by Gasteiger charge is 2.12. The molecule has 1 aliphatic heterocycles. The van der Waals surface area contributed by atoms with Crippen LogP contribution < -0.4 is 5.32 Å². The normalized spacial score (nSPS) is 16.5. The largest absolute Gasteiger partial charge is 0.351 e. The second kappa shape index (κ2) is 6.71. The fourth-order valence-electron chi connectivity index (χ4n) is 2.16. The lowest BCUT2D eigenvalue weighted by atomic mass is 10.1. The van der Waals surface area contributed by atoms with E-state index in [1.807, 2.05) is 0 Å². The number of nitrogens with one attached hydrogen (secondary N) is 1. The van der Waals surface area contributed by atoms with Crippen LogP contribution in [0.3, 0.4) is 0 Å². The zero-order valence-electron chi connectivity index (χ0n) is 10.4. The molecule has 1 fully saturated rings. The van der Waals surface area contributed by atoms with E-state index in [0.29, 0.717) is 12.1 Å². The van der Waals surface area contributed by atoms with Crippen LogP contribution in [0.5, 0.6) is 0 Å². The van der Waals surface area contributed by atoms with E-state index in [-0.39, 0.29) is 11.1 Å². The van der Waals surface area contributed by atoms with Crippen LogP contribution in [0.2, 0.25) is 5.15 Å². The first kappa shape index (κ1) is 13.3. The van der Waals surface area contributed by atoms with Crippen LogP contribution >= 0.6 is 11.6 Å². The van der Waals surface area contributed by atoms with E-state index in [4.69, 9.17) is 11.6 Å². The first-order chi connectivity index (χ1) is 8.77. The Bertz CT molecular complexity index is 405. The van der Waals surface area contributed by atoms with Gasteiger partial charge in [-0.3, -0.25) is 4.79 Å². The smallest absolute Gasteiger partial charge is 0.254 e. The van der Waals surface area contributed by atoms with Gasteiger partial charge in [0.05, 0.1) is 5.56 Å². The molecule has 1 saturated heterocycles. The number of likely N-dealkylation sites (tertiary alicyclic amines) is 1. The molecule has 4 nitrogen and oxygen atoms in total. The first-order valence-electron chi connectivity index (χ1n) is 6.38. The summed E-state index contributed by atoms with van der Waals surface area (Å²) in [6.45, 7) is 3.85. The molecule has 5 heteroatoms. The number of aromatic nitrogens is 1. The molecule has 0 unspecified atom stereocenters. The third-order valence-corrected chi connectivity index (χ3v) is 3.47. The number of pyridine rings is 1. The molecule has 1 amide bonds. The van der Waals surface area contributed by atoms with Crippen molar-refractivity contribution in [3.63, 3.8) is 0 Å². The number of piperidine rings is 1. The maximum atomic E-state index is 11.9. The molecule has 0 spiro atoms. The van der Waals surface area contributed by atoms with E-state index >= 15 is 0 Å². The molecule has 0 aromatic carbocycles. The van der Waals surface area contributed by atoms with E-state index in [1.54, 1.807) is 18.3 Å². The highest BCUT2D eigenvalue weighted by molar-refractivity contribution is 6.32. The number of nitrogens with zero attached hydrogens (tertiary/aromatic N) is 2. The lowest BCUT2D eigenvalue weighted by Gasteiger charge is -2.26. The van der Waals surface area contributed by atoms with Gasteiger partial charge in [-0.05, 0) is 38.1 Å². The Morgan fingerprint density at radius 2 is 2.17 bits per heavy atom. The van der Waals surface area contributed by atoms with Gasteiger partial charge in [-0.1, -0.05) is 18.0 Å². The molecule has 0 saturated carbocycles. The molecule has 2 rings (SSSR count). The standard InChI is InChI=1S/C13H18ClN3O/c14-12-11(5-4-6-15-12)13(18)16-7-10-17-8-2-1-3-9-17/h4-6H,1-3,7-10H2,(H,16,18). The molecule has 0 radical (unpaired) electrons. The Kier molecular flexibility index (Phi) is 4.96. The summed E-state index contributed by atoms with van der Waals surface area (Å²) in [7, 11) is 0. The van der Waals surface area contributed by atoms with Gasteiger partial charge < -0.3 is 10.2 Å². The van der Waals surface area contributed by atoms with Crippen molar-refractivity contribution < 1.29 is 4.79 Å². The Balaban J connectivity index is 1.76. The van der Waals surface area contributed by atoms with Crippen molar-refractivity contribution in [1.82, 2.24) is 15.2 Å². The molecule has 1 aliphatic rings. The minimum Gasteiger partial charge on any atom is -0.351 e.